The molecule has 144 valence electrons. The zero-order chi connectivity index (χ0) is 19.9. The summed E-state index contributed by atoms with van der Waals surface area (Å²) in [5.41, 5.74) is 2.60. The lowest BCUT2D eigenvalue weighted by atomic mass is 10.0. The van der Waals surface area contributed by atoms with E-state index in [0.29, 0.717) is 5.13 Å². The van der Waals surface area contributed by atoms with Crippen LogP contribution < -0.4 is 15.4 Å². The molecule has 1 aromatic heterocycles. The lowest BCUT2D eigenvalue weighted by Gasteiger charge is -2.17. The second kappa shape index (κ2) is 9.14. The quantitative estimate of drug-likeness (QED) is 0.633. The Labute approximate surface area is 167 Å². The van der Waals surface area contributed by atoms with Crippen molar-refractivity contribution in [1.82, 2.24) is 10.3 Å². The summed E-state index contributed by atoms with van der Waals surface area (Å²) >= 11 is 1.36. The zero-order valence-electron chi connectivity index (χ0n) is 15.6. The zero-order valence-corrected chi connectivity index (χ0v) is 16.5. The maximum absolute atomic E-state index is 12.5. The van der Waals surface area contributed by atoms with Crippen molar-refractivity contribution in [2.45, 2.75) is 19.4 Å². The molecule has 6 nitrogen and oxygen atoms in total. The molecule has 0 aliphatic rings. The Balaban J connectivity index is 1.66. The Morgan fingerprint density at radius 2 is 1.82 bits per heavy atom. The van der Waals surface area contributed by atoms with E-state index in [2.05, 4.69) is 15.6 Å². The van der Waals surface area contributed by atoms with Crippen LogP contribution in [0.25, 0.3) is 11.3 Å². The smallest absolute Gasteiger partial charge is 0.228 e. The third-order valence-electron chi connectivity index (χ3n) is 4.11. The molecule has 7 heteroatoms. The minimum absolute atomic E-state index is 0.126. The molecule has 0 aliphatic heterocycles. The maximum Gasteiger partial charge on any atom is 0.228 e. The first-order chi connectivity index (χ1) is 13.5. The second-order valence-corrected chi connectivity index (χ2v) is 7.04. The van der Waals surface area contributed by atoms with E-state index in [-0.39, 0.29) is 24.3 Å². The maximum atomic E-state index is 12.5. The number of carbonyl (C=O) groups is 2. The SMILES string of the molecule is COc1ccc(-c2csc(NC(=O)C[C@H](NC(C)=O)c3ccccc3)n2)cc1. The molecule has 1 heterocycles. The number of nitrogens with zero attached hydrogens (tertiary/aromatic N) is 1. The molecule has 2 aromatic carbocycles. The highest BCUT2D eigenvalue weighted by Gasteiger charge is 2.18. The van der Waals surface area contributed by atoms with E-state index in [1.54, 1.807) is 7.11 Å². The fourth-order valence-electron chi connectivity index (χ4n) is 2.76. The summed E-state index contributed by atoms with van der Waals surface area (Å²) in [6, 6.07) is 16.6. The van der Waals surface area contributed by atoms with E-state index >= 15 is 0 Å². The normalized spacial score (nSPS) is 11.5. The minimum Gasteiger partial charge on any atom is -0.497 e. The number of thiazole rings is 1. The summed E-state index contributed by atoms with van der Waals surface area (Å²) in [6.07, 6.45) is 0.126. The molecule has 2 amide bonds. The van der Waals surface area contributed by atoms with Crippen molar-refractivity contribution in [3.8, 4) is 17.0 Å². The Morgan fingerprint density at radius 1 is 1.11 bits per heavy atom. The number of carbonyl (C=O) groups excluding carboxylic acids is 2. The number of nitrogens with one attached hydrogen (secondary N) is 2. The molecule has 0 unspecified atom stereocenters. The first-order valence-corrected chi connectivity index (χ1v) is 9.65. The van der Waals surface area contributed by atoms with Crippen molar-refractivity contribution in [3.63, 3.8) is 0 Å². The summed E-state index contributed by atoms with van der Waals surface area (Å²) in [6.45, 7) is 1.44. The van der Waals surface area contributed by atoms with E-state index in [0.717, 1.165) is 22.6 Å². The minimum atomic E-state index is -0.389. The number of rotatable bonds is 7. The van der Waals surface area contributed by atoms with Crippen molar-refractivity contribution in [2.75, 3.05) is 12.4 Å². The Kier molecular flexibility index (Phi) is 6.39. The molecular formula is C21H21N3O3S. The van der Waals surface area contributed by atoms with Gasteiger partial charge in [0.25, 0.3) is 0 Å². The molecule has 3 rings (SSSR count). The highest BCUT2D eigenvalue weighted by Crippen LogP contribution is 2.27. The number of hydrogen-bond donors (Lipinski definition) is 2. The number of aromatic nitrogens is 1. The molecule has 0 saturated heterocycles. The van der Waals surface area contributed by atoms with Crippen molar-refractivity contribution < 1.29 is 14.3 Å². The van der Waals surface area contributed by atoms with Gasteiger partial charge in [0.15, 0.2) is 5.13 Å². The summed E-state index contributed by atoms with van der Waals surface area (Å²) < 4.78 is 5.16. The number of hydrogen-bond acceptors (Lipinski definition) is 5. The number of anilines is 1. The van der Waals surface area contributed by atoms with Gasteiger partial charge >= 0.3 is 0 Å². The predicted octanol–water partition coefficient (Wildman–Crippen LogP) is 4.02. The van der Waals surface area contributed by atoms with Gasteiger partial charge in [-0.05, 0) is 29.8 Å². The predicted molar refractivity (Wildman–Crippen MR) is 110 cm³/mol. The van der Waals surface area contributed by atoms with Gasteiger partial charge in [0.1, 0.15) is 5.75 Å². The summed E-state index contributed by atoms with van der Waals surface area (Å²) in [5, 5.41) is 8.05. The van der Waals surface area contributed by atoms with E-state index in [9.17, 15) is 9.59 Å². The molecule has 0 radical (unpaired) electrons. The average Bonchev–Trinajstić information content (AvgIpc) is 3.16. The average molecular weight is 395 g/mol. The molecule has 0 spiro atoms. The Morgan fingerprint density at radius 3 is 2.46 bits per heavy atom. The summed E-state index contributed by atoms with van der Waals surface area (Å²) in [7, 11) is 1.62. The van der Waals surface area contributed by atoms with Crippen LogP contribution in [0.4, 0.5) is 5.13 Å². The third-order valence-corrected chi connectivity index (χ3v) is 4.86. The van der Waals surface area contributed by atoms with Gasteiger partial charge in [-0.25, -0.2) is 4.98 Å². The van der Waals surface area contributed by atoms with E-state index < -0.39 is 0 Å². The molecule has 0 saturated carbocycles. The first-order valence-electron chi connectivity index (χ1n) is 8.77. The summed E-state index contributed by atoms with van der Waals surface area (Å²) in [5.74, 6) is 0.383. The fraction of sp³-hybridized carbons (Fsp3) is 0.190. The van der Waals surface area contributed by atoms with Crippen LogP contribution in [0.5, 0.6) is 5.75 Å². The van der Waals surface area contributed by atoms with Crippen molar-refractivity contribution >= 4 is 28.3 Å². The van der Waals surface area contributed by atoms with Crippen LogP contribution in [0, 0.1) is 0 Å². The van der Waals surface area contributed by atoms with E-state index in [4.69, 9.17) is 4.74 Å². The van der Waals surface area contributed by atoms with Gasteiger partial charge in [-0.3, -0.25) is 9.59 Å². The third kappa shape index (κ3) is 5.17. The topological polar surface area (TPSA) is 80.3 Å². The first kappa shape index (κ1) is 19.6. The highest BCUT2D eigenvalue weighted by molar-refractivity contribution is 7.14. The van der Waals surface area contributed by atoms with Gasteiger partial charge in [0.05, 0.1) is 25.3 Å². The molecular weight excluding hydrogens is 374 g/mol. The number of amides is 2. The van der Waals surface area contributed by atoms with Crippen LogP contribution in [0.2, 0.25) is 0 Å². The molecule has 28 heavy (non-hydrogen) atoms. The van der Waals surface area contributed by atoms with Crippen LogP contribution in [0.15, 0.2) is 60.0 Å². The largest absolute Gasteiger partial charge is 0.497 e. The van der Waals surface area contributed by atoms with Crippen molar-refractivity contribution in [1.29, 1.82) is 0 Å². The molecule has 2 N–H and O–H groups in total. The van der Waals surface area contributed by atoms with Crippen LogP contribution in [-0.2, 0) is 9.59 Å². The Bertz CT molecular complexity index is 939. The standard InChI is InChI=1S/C21H21N3O3S/c1-14(25)22-18(15-6-4-3-5-7-15)12-20(26)24-21-23-19(13-28-21)16-8-10-17(27-2)11-9-16/h3-11,13,18H,12H2,1-2H3,(H,22,25)(H,23,24,26)/t18-/m0/s1. The number of methoxy groups -OCH3 is 1. The van der Waals surface area contributed by atoms with Crippen molar-refractivity contribution in [2.24, 2.45) is 0 Å². The second-order valence-electron chi connectivity index (χ2n) is 6.18. The molecule has 0 aliphatic carbocycles. The van der Waals surface area contributed by atoms with E-state index in [1.165, 1.54) is 18.3 Å². The molecule has 0 fully saturated rings. The number of benzene rings is 2. The van der Waals surface area contributed by atoms with Gasteiger partial charge in [-0.15, -0.1) is 11.3 Å². The van der Waals surface area contributed by atoms with Gasteiger partial charge in [-0.2, -0.15) is 0 Å². The molecule has 1 atom stereocenters. The van der Waals surface area contributed by atoms with Crippen LogP contribution in [0.3, 0.4) is 0 Å². The van der Waals surface area contributed by atoms with E-state index in [1.807, 2.05) is 60.0 Å². The molecule has 3 aromatic rings. The monoisotopic (exact) mass is 395 g/mol. The van der Waals surface area contributed by atoms with Crippen molar-refractivity contribution in [3.05, 3.63) is 65.5 Å². The van der Waals surface area contributed by atoms with Gasteiger partial charge in [-0.1, -0.05) is 30.3 Å². The molecule has 0 bridgehead atoms. The lowest BCUT2D eigenvalue weighted by molar-refractivity contribution is -0.120. The van der Waals surface area contributed by atoms with Crippen LogP contribution >= 0.6 is 11.3 Å². The summed E-state index contributed by atoms with van der Waals surface area (Å²) in [4.78, 5) is 28.5. The fourth-order valence-corrected chi connectivity index (χ4v) is 3.50. The van der Waals surface area contributed by atoms with Gasteiger partial charge < -0.3 is 15.4 Å². The van der Waals surface area contributed by atoms with Gasteiger partial charge in [0.2, 0.25) is 11.8 Å². The highest BCUT2D eigenvalue weighted by atomic mass is 32.1. The Hall–Kier alpha value is -3.19. The lowest BCUT2D eigenvalue weighted by Crippen LogP contribution is -2.29. The number of ether oxygens (including phenoxy) is 1. The van der Waals surface area contributed by atoms with Gasteiger partial charge in [0, 0.05) is 17.9 Å². The van der Waals surface area contributed by atoms with Crippen LogP contribution in [-0.4, -0.2) is 23.9 Å². The van der Waals surface area contributed by atoms with Crippen LogP contribution in [0.1, 0.15) is 24.9 Å².